The van der Waals surface area contributed by atoms with Crippen molar-refractivity contribution in [3.8, 4) is 44.5 Å². The smallest absolute Gasteiger partial charge is 0.154 e. The van der Waals surface area contributed by atoms with Crippen molar-refractivity contribution in [2.45, 2.75) is 0 Å². The first-order valence-electron chi connectivity index (χ1n) is 14.1. The van der Waals surface area contributed by atoms with Crippen LogP contribution in [-0.2, 0) is 0 Å². The maximum Gasteiger partial charge on any atom is 0.154 e. The van der Waals surface area contributed by atoms with Gasteiger partial charge in [-0.05, 0) is 80.9 Å². The molecular weight excluding hydrogens is 510 g/mol. The van der Waals surface area contributed by atoms with E-state index >= 15 is 0 Å². The number of hydrogen-bond acceptors (Lipinski definition) is 1. The molecule has 0 fully saturated rings. The quantitative estimate of drug-likeness (QED) is 0.160. The molecule has 2 N–H and O–H groups in total. The number of amidine groups is 2. The van der Waals surface area contributed by atoms with Gasteiger partial charge in [0.05, 0.1) is 0 Å². The van der Waals surface area contributed by atoms with Gasteiger partial charge in [-0.1, -0.05) is 121 Å². The number of benzene rings is 6. The Bertz CT molecular complexity index is 1730. The predicted molar refractivity (Wildman–Crippen MR) is 177 cm³/mol. The first-order chi connectivity index (χ1) is 20.7. The van der Waals surface area contributed by atoms with E-state index in [9.17, 15) is 0 Å². The van der Waals surface area contributed by atoms with Gasteiger partial charge >= 0.3 is 0 Å². The summed E-state index contributed by atoms with van der Waals surface area (Å²) in [6, 6.07) is 54.1. The molecule has 6 aromatic carbocycles. The summed E-state index contributed by atoms with van der Waals surface area (Å²) < 4.78 is 0. The van der Waals surface area contributed by atoms with Gasteiger partial charge < -0.3 is 5.32 Å². The first kappa shape index (κ1) is 26.7. The molecule has 42 heavy (non-hydrogen) atoms. The molecule has 6 aromatic rings. The van der Waals surface area contributed by atoms with Gasteiger partial charge in [-0.25, -0.2) is 4.99 Å². The van der Waals surface area contributed by atoms with Crippen molar-refractivity contribution < 1.29 is 0 Å². The molecule has 0 aliphatic carbocycles. The standard InChI is InChI=1S/C39H31N3/c1-41-39(37-26-34(30-18-10-4-11-19-30)23-35(27-37)31-20-12-5-13-21-31)42-38(40)36-24-32(28-14-6-2-7-15-28)22-33(25-36)29-16-8-3-9-17-29/h2-27H,1H3,(H2,40,41,42). The maximum absolute atomic E-state index is 9.14. The van der Waals surface area contributed by atoms with E-state index in [4.69, 9.17) is 10.4 Å². The Morgan fingerprint density at radius 2 is 0.738 bits per heavy atom. The third kappa shape index (κ3) is 5.96. The van der Waals surface area contributed by atoms with Gasteiger partial charge in [0.15, 0.2) is 5.84 Å². The van der Waals surface area contributed by atoms with Crippen LogP contribution in [0.3, 0.4) is 0 Å². The van der Waals surface area contributed by atoms with Gasteiger partial charge in [0, 0.05) is 18.2 Å². The fourth-order valence-electron chi connectivity index (χ4n) is 5.16. The average molecular weight is 542 g/mol. The maximum atomic E-state index is 9.14. The molecule has 0 aliphatic rings. The molecule has 0 saturated carbocycles. The zero-order chi connectivity index (χ0) is 28.7. The molecule has 6 rings (SSSR count). The summed E-state index contributed by atoms with van der Waals surface area (Å²) in [6.45, 7) is 0. The highest BCUT2D eigenvalue weighted by molar-refractivity contribution is 6.11. The second-order valence-corrected chi connectivity index (χ2v) is 10.1. The van der Waals surface area contributed by atoms with Crippen LogP contribution >= 0.6 is 0 Å². The Labute approximate surface area is 247 Å². The Kier molecular flexibility index (Phi) is 7.82. The molecule has 0 aliphatic heterocycles. The van der Waals surface area contributed by atoms with E-state index in [0.717, 1.165) is 55.6 Å². The summed E-state index contributed by atoms with van der Waals surface area (Å²) in [7, 11) is 1.86. The van der Waals surface area contributed by atoms with Crippen LogP contribution in [0.5, 0.6) is 0 Å². The summed E-state index contributed by atoms with van der Waals surface area (Å²) in [4.78, 5) is 4.86. The molecule has 0 amide bonds. The Hall–Kier alpha value is -5.54. The largest absolute Gasteiger partial charge is 0.373 e. The molecule has 0 bridgehead atoms. The fourth-order valence-corrected chi connectivity index (χ4v) is 5.16. The minimum atomic E-state index is 0.195. The predicted octanol–water partition coefficient (Wildman–Crippen LogP) is 9.35. The molecule has 0 atom stereocenters. The SMILES string of the molecule is CNC(=NC(=N)c1cc(-c2ccccc2)cc(-c2ccccc2)c1)c1cc(-c2ccccc2)cc(-c2ccccc2)c1. The number of hydrogen-bond donors (Lipinski definition) is 2. The van der Waals surface area contributed by atoms with Crippen molar-refractivity contribution in [1.82, 2.24) is 5.32 Å². The van der Waals surface area contributed by atoms with Crippen LogP contribution in [0, 0.1) is 5.41 Å². The van der Waals surface area contributed by atoms with Crippen LogP contribution in [-0.4, -0.2) is 18.7 Å². The van der Waals surface area contributed by atoms with E-state index in [0.29, 0.717) is 5.84 Å². The van der Waals surface area contributed by atoms with Gasteiger partial charge in [0.1, 0.15) is 5.84 Å². The molecular formula is C39H31N3. The first-order valence-corrected chi connectivity index (χ1v) is 14.1. The second kappa shape index (κ2) is 12.3. The normalized spacial score (nSPS) is 11.2. The monoisotopic (exact) mass is 541 g/mol. The summed E-state index contributed by atoms with van der Waals surface area (Å²) in [6.07, 6.45) is 0. The zero-order valence-electron chi connectivity index (χ0n) is 23.5. The van der Waals surface area contributed by atoms with E-state index in [2.05, 4.69) is 115 Å². The van der Waals surface area contributed by atoms with Crippen LogP contribution in [0.15, 0.2) is 163 Å². The van der Waals surface area contributed by atoms with E-state index in [1.165, 1.54) is 0 Å². The fraction of sp³-hybridized carbons (Fsp3) is 0.0256. The lowest BCUT2D eigenvalue weighted by Gasteiger charge is -2.14. The minimum Gasteiger partial charge on any atom is -0.373 e. The van der Waals surface area contributed by atoms with E-state index in [1.807, 2.05) is 55.6 Å². The van der Waals surface area contributed by atoms with E-state index < -0.39 is 0 Å². The van der Waals surface area contributed by atoms with Crippen molar-refractivity contribution in [3.05, 3.63) is 169 Å². The van der Waals surface area contributed by atoms with Gasteiger partial charge in [-0.3, -0.25) is 5.41 Å². The van der Waals surface area contributed by atoms with Gasteiger partial charge in [-0.2, -0.15) is 0 Å². The zero-order valence-corrected chi connectivity index (χ0v) is 23.5. The summed E-state index contributed by atoms with van der Waals surface area (Å²) in [5.74, 6) is 0.835. The van der Waals surface area contributed by atoms with Crippen LogP contribution in [0.1, 0.15) is 11.1 Å². The Morgan fingerprint density at radius 3 is 1.05 bits per heavy atom. The lowest BCUT2D eigenvalue weighted by Crippen LogP contribution is -2.21. The topological polar surface area (TPSA) is 48.2 Å². The number of rotatable bonds is 6. The third-order valence-electron chi connectivity index (χ3n) is 7.30. The molecule has 3 nitrogen and oxygen atoms in total. The lowest BCUT2D eigenvalue weighted by molar-refractivity contribution is 1.16. The van der Waals surface area contributed by atoms with Crippen molar-refractivity contribution >= 4 is 11.7 Å². The Balaban J connectivity index is 1.45. The van der Waals surface area contributed by atoms with Gasteiger partial charge in [0.2, 0.25) is 0 Å². The summed E-state index contributed by atoms with van der Waals surface area (Å²) >= 11 is 0. The molecule has 0 aromatic heterocycles. The number of nitrogens with one attached hydrogen (secondary N) is 2. The van der Waals surface area contributed by atoms with Crippen molar-refractivity contribution in [1.29, 1.82) is 5.41 Å². The molecule has 0 saturated heterocycles. The Morgan fingerprint density at radius 1 is 0.429 bits per heavy atom. The van der Waals surface area contributed by atoms with Crippen molar-refractivity contribution in [2.24, 2.45) is 4.99 Å². The summed E-state index contributed by atoms with van der Waals surface area (Å²) in [5.41, 5.74) is 10.4. The minimum absolute atomic E-state index is 0.195. The molecule has 0 spiro atoms. The van der Waals surface area contributed by atoms with E-state index in [1.54, 1.807) is 0 Å². The second-order valence-electron chi connectivity index (χ2n) is 10.1. The summed E-state index contributed by atoms with van der Waals surface area (Å²) in [5, 5.41) is 12.4. The number of nitrogens with zero attached hydrogens (tertiary/aromatic N) is 1. The van der Waals surface area contributed by atoms with E-state index in [-0.39, 0.29) is 5.84 Å². The highest BCUT2D eigenvalue weighted by atomic mass is 15.0. The molecule has 0 radical (unpaired) electrons. The van der Waals surface area contributed by atoms with Crippen LogP contribution in [0.25, 0.3) is 44.5 Å². The van der Waals surface area contributed by atoms with Crippen LogP contribution in [0.4, 0.5) is 0 Å². The lowest BCUT2D eigenvalue weighted by atomic mass is 9.95. The van der Waals surface area contributed by atoms with Gasteiger partial charge in [-0.15, -0.1) is 0 Å². The molecule has 202 valence electrons. The third-order valence-corrected chi connectivity index (χ3v) is 7.30. The highest BCUT2D eigenvalue weighted by Gasteiger charge is 2.13. The molecule has 3 heteroatoms. The molecule has 0 unspecified atom stereocenters. The highest BCUT2D eigenvalue weighted by Crippen LogP contribution is 2.30. The molecule has 0 heterocycles. The van der Waals surface area contributed by atoms with Crippen molar-refractivity contribution in [2.75, 3.05) is 7.05 Å². The van der Waals surface area contributed by atoms with Crippen LogP contribution in [0.2, 0.25) is 0 Å². The van der Waals surface area contributed by atoms with Gasteiger partial charge in [0.25, 0.3) is 0 Å². The number of aliphatic imine (C=N–C) groups is 1. The van der Waals surface area contributed by atoms with Crippen LogP contribution < -0.4 is 5.32 Å². The average Bonchev–Trinajstić information content (AvgIpc) is 3.08. The van der Waals surface area contributed by atoms with Crippen molar-refractivity contribution in [3.63, 3.8) is 0 Å².